The molecule has 3 heterocycles. The van der Waals surface area contributed by atoms with Gasteiger partial charge in [-0.15, -0.1) is 10.2 Å². The Labute approximate surface area is 100 Å². The highest BCUT2D eigenvalue weighted by Gasteiger charge is 2.32. The van der Waals surface area contributed by atoms with Gasteiger partial charge >= 0.3 is 0 Å². The summed E-state index contributed by atoms with van der Waals surface area (Å²) in [5.74, 6) is 0.972. The molecule has 1 fully saturated rings. The van der Waals surface area contributed by atoms with Crippen LogP contribution in [0.4, 0.5) is 0 Å². The summed E-state index contributed by atoms with van der Waals surface area (Å²) in [5.41, 5.74) is 1.77. The summed E-state index contributed by atoms with van der Waals surface area (Å²) >= 11 is 0. The molecule has 2 aromatic heterocycles. The van der Waals surface area contributed by atoms with Crippen molar-refractivity contribution >= 4 is 5.65 Å². The number of hydrogen-bond donors (Lipinski definition) is 1. The fraction of sp³-hybridized carbons (Fsp3) is 0.583. The van der Waals surface area contributed by atoms with Gasteiger partial charge in [-0.05, 0) is 39.7 Å². The molecule has 1 N–H and O–H groups in total. The van der Waals surface area contributed by atoms with E-state index in [0.29, 0.717) is 0 Å². The van der Waals surface area contributed by atoms with Crippen LogP contribution in [0.1, 0.15) is 37.7 Å². The maximum atomic E-state index is 4.34. The monoisotopic (exact) mass is 231 g/mol. The molecular formula is C12H17N5. The van der Waals surface area contributed by atoms with Crippen molar-refractivity contribution in [2.24, 2.45) is 0 Å². The summed E-state index contributed by atoms with van der Waals surface area (Å²) in [5, 5.41) is 12.1. The molecule has 0 saturated carbocycles. The van der Waals surface area contributed by atoms with E-state index in [4.69, 9.17) is 0 Å². The predicted molar refractivity (Wildman–Crippen MR) is 64.7 cm³/mol. The van der Waals surface area contributed by atoms with Crippen molar-refractivity contribution in [1.82, 2.24) is 24.9 Å². The number of fused-ring (bicyclic) bond motifs is 1. The zero-order chi connectivity index (χ0) is 11.9. The predicted octanol–water partition coefficient (Wildman–Crippen LogP) is 1.42. The third kappa shape index (κ3) is 1.70. The highest BCUT2D eigenvalue weighted by atomic mass is 15.3. The third-order valence-electron chi connectivity index (χ3n) is 3.55. The van der Waals surface area contributed by atoms with Crippen LogP contribution in [0.5, 0.6) is 0 Å². The zero-order valence-corrected chi connectivity index (χ0v) is 10.3. The maximum absolute atomic E-state index is 4.34. The summed E-state index contributed by atoms with van der Waals surface area (Å²) in [4.78, 5) is 4.32. The van der Waals surface area contributed by atoms with Crippen LogP contribution in [0, 0.1) is 6.92 Å². The number of nitrogens with one attached hydrogen (secondary N) is 1. The van der Waals surface area contributed by atoms with E-state index in [1.807, 2.05) is 23.7 Å². The number of hydrogen-bond acceptors (Lipinski definition) is 4. The molecule has 1 atom stereocenters. The average Bonchev–Trinajstić information content (AvgIpc) is 2.73. The van der Waals surface area contributed by atoms with Gasteiger partial charge in [-0.25, -0.2) is 4.98 Å². The first-order valence-electron chi connectivity index (χ1n) is 6.12. The Morgan fingerprint density at radius 2 is 2.24 bits per heavy atom. The number of nitrogens with zero attached hydrogens (tertiary/aromatic N) is 4. The first-order chi connectivity index (χ1) is 8.19. The first kappa shape index (κ1) is 10.7. The number of aryl methyl sites for hydroxylation is 1. The number of aromatic nitrogens is 4. The fourth-order valence-corrected chi connectivity index (χ4v) is 2.51. The molecule has 0 aromatic carbocycles. The van der Waals surface area contributed by atoms with Crippen LogP contribution >= 0.6 is 0 Å². The van der Waals surface area contributed by atoms with Crippen LogP contribution in [0.15, 0.2) is 12.4 Å². The second-order valence-electron chi connectivity index (χ2n) is 5.00. The topological polar surface area (TPSA) is 55.1 Å². The van der Waals surface area contributed by atoms with E-state index in [9.17, 15) is 0 Å². The molecule has 5 nitrogen and oxygen atoms in total. The van der Waals surface area contributed by atoms with Crippen LogP contribution < -0.4 is 5.32 Å². The van der Waals surface area contributed by atoms with Crippen molar-refractivity contribution in [2.75, 3.05) is 6.54 Å². The molecule has 0 amide bonds. The van der Waals surface area contributed by atoms with Crippen molar-refractivity contribution in [3.05, 3.63) is 23.9 Å². The molecule has 17 heavy (non-hydrogen) atoms. The second kappa shape index (κ2) is 3.77. The van der Waals surface area contributed by atoms with Gasteiger partial charge in [0.15, 0.2) is 11.5 Å². The Morgan fingerprint density at radius 3 is 3.00 bits per heavy atom. The highest BCUT2D eigenvalue weighted by molar-refractivity contribution is 5.39. The van der Waals surface area contributed by atoms with Gasteiger partial charge in [-0.2, -0.15) is 0 Å². The summed E-state index contributed by atoms with van der Waals surface area (Å²) in [7, 11) is 0. The molecule has 90 valence electrons. The van der Waals surface area contributed by atoms with Crippen molar-refractivity contribution in [2.45, 2.75) is 38.6 Å². The molecular weight excluding hydrogens is 214 g/mol. The minimum Gasteiger partial charge on any atom is -0.305 e. The van der Waals surface area contributed by atoms with Gasteiger partial charge in [0, 0.05) is 11.8 Å². The van der Waals surface area contributed by atoms with Gasteiger partial charge < -0.3 is 5.32 Å². The van der Waals surface area contributed by atoms with Gasteiger partial charge in [0.1, 0.15) is 6.33 Å². The Hall–Kier alpha value is -1.49. The highest BCUT2D eigenvalue weighted by Crippen LogP contribution is 2.28. The smallest absolute Gasteiger partial charge is 0.163 e. The first-order valence-corrected chi connectivity index (χ1v) is 6.12. The van der Waals surface area contributed by atoms with Gasteiger partial charge in [0.2, 0.25) is 0 Å². The van der Waals surface area contributed by atoms with E-state index in [1.165, 1.54) is 12.8 Å². The summed E-state index contributed by atoms with van der Waals surface area (Å²) < 4.78 is 1.99. The number of rotatable bonds is 1. The van der Waals surface area contributed by atoms with Gasteiger partial charge in [-0.3, -0.25) is 4.40 Å². The lowest BCUT2D eigenvalue weighted by Gasteiger charge is -2.33. The maximum Gasteiger partial charge on any atom is 0.163 e. The van der Waals surface area contributed by atoms with E-state index in [-0.39, 0.29) is 5.54 Å². The number of piperidine rings is 1. The normalized spacial score (nSPS) is 25.3. The Kier molecular flexibility index (Phi) is 2.36. The van der Waals surface area contributed by atoms with Gasteiger partial charge in [0.25, 0.3) is 0 Å². The molecule has 0 bridgehead atoms. The van der Waals surface area contributed by atoms with Crippen LogP contribution in [0.2, 0.25) is 0 Å². The third-order valence-corrected chi connectivity index (χ3v) is 3.55. The lowest BCUT2D eigenvalue weighted by Crippen LogP contribution is -2.44. The molecule has 2 aromatic rings. The largest absolute Gasteiger partial charge is 0.305 e. The zero-order valence-electron chi connectivity index (χ0n) is 10.3. The van der Waals surface area contributed by atoms with Gasteiger partial charge in [0.05, 0.1) is 5.54 Å². The standard InChI is InChI=1S/C12H17N5/c1-9-7-10-15-16-11(17(10)8-13-9)12(2)5-3-4-6-14-12/h7-8,14H,3-6H2,1-2H3. The van der Waals surface area contributed by atoms with E-state index in [0.717, 1.165) is 30.1 Å². The van der Waals surface area contributed by atoms with E-state index < -0.39 is 0 Å². The summed E-state index contributed by atoms with van der Waals surface area (Å²) in [6.45, 7) is 5.21. The van der Waals surface area contributed by atoms with Crippen molar-refractivity contribution in [1.29, 1.82) is 0 Å². The molecule has 3 rings (SSSR count). The molecule has 1 aliphatic rings. The lowest BCUT2D eigenvalue weighted by molar-refractivity contribution is 0.266. The quantitative estimate of drug-likeness (QED) is 0.806. The molecule has 0 aliphatic carbocycles. The minimum atomic E-state index is -0.0748. The van der Waals surface area contributed by atoms with Crippen molar-refractivity contribution in [3.8, 4) is 0 Å². The van der Waals surface area contributed by atoms with E-state index in [2.05, 4.69) is 27.4 Å². The van der Waals surface area contributed by atoms with Crippen molar-refractivity contribution in [3.63, 3.8) is 0 Å². The van der Waals surface area contributed by atoms with E-state index >= 15 is 0 Å². The summed E-state index contributed by atoms with van der Waals surface area (Å²) in [6.07, 6.45) is 5.39. The molecule has 0 radical (unpaired) electrons. The minimum absolute atomic E-state index is 0.0748. The Bertz CT molecular complexity index is 539. The average molecular weight is 231 g/mol. The van der Waals surface area contributed by atoms with Crippen LogP contribution in [0.3, 0.4) is 0 Å². The summed E-state index contributed by atoms with van der Waals surface area (Å²) in [6, 6.07) is 1.96. The van der Waals surface area contributed by atoms with Crippen LogP contribution in [0.25, 0.3) is 5.65 Å². The van der Waals surface area contributed by atoms with Crippen LogP contribution in [-0.4, -0.2) is 26.1 Å². The van der Waals surface area contributed by atoms with Crippen molar-refractivity contribution < 1.29 is 0 Å². The molecule has 1 saturated heterocycles. The molecule has 5 heteroatoms. The molecule has 1 unspecified atom stereocenters. The van der Waals surface area contributed by atoms with E-state index in [1.54, 1.807) is 0 Å². The van der Waals surface area contributed by atoms with Gasteiger partial charge in [-0.1, -0.05) is 0 Å². The Balaban J connectivity index is 2.10. The van der Waals surface area contributed by atoms with Crippen LogP contribution in [-0.2, 0) is 5.54 Å². The SMILES string of the molecule is Cc1cc2nnc(C3(C)CCCCN3)n2cn1. The molecule has 0 spiro atoms. The second-order valence-corrected chi connectivity index (χ2v) is 5.00. The lowest BCUT2D eigenvalue weighted by atomic mass is 9.90. The molecule has 1 aliphatic heterocycles. The fourth-order valence-electron chi connectivity index (χ4n) is 2.51. The Morgan fingerprint density at radius 1 is 1.35 bits per heavy atom.